The number of benzene rings is 2. The Morgan fingerprint density at radius 3 is 2.38 bits per heavy atom. The topological polar surface area (TPSA) is 98.7 Å². The molecule has 1 fully saturated rings. The number of nitrogens with zero attached hydrogens (tertiary/aromatic N) is 4. The molecule has 0 atom stereocenters. The molecule has 2 aromatic carbocycles. The molecule has 4 rings (SSSR count). The Labute approximate surface area is 171 Å². The lowest BCUT2D eigenvalue weighted by atomic mass is 10.2. The van der Waals surface area contributed by atoms with Gasteiger partial charge in [0.25, 0.3) is 0 Å². The number of aromatic carboxylic acids is 1. The first kappa shape index (κ1) is 18.9. The molecule has 1 aliphatic heterocycles. The molecule has 0 saturated carbocycles. The monoisotopic (exact) mass is 409 g/mol. The largest absolute Gasteiger partial charge is 0.478 e. The average Bonchev–Trinajstić information content (AvgIpc) is 3.25. The fourth-order valence-corrected chi connectivity index (χ4v) is 3.86. The summed E-state index contributed by atoms with van der Waals surface area (Å²) < 4.78 is 4.44. The number of carbonyl (C=O) groups excluding carboxylic acids is 1. The number of rotatable bonds is 4. The highest BCUT2D eigenvalue weighted by Crippen LogP contribution is 2.25. The van der Waals surface area contributed by atoms with Crippen molar-refractivity contribution in [3.05, 3.63) is 60.2 Å². The molecule has 0 radical (unpaired) electrons. The Bertz CT molecular complexity index is 1020. The molecule has 3 aromatic rings. The molecule has 2 amide bonds. The number of urea groups is 1. The van der Waals surface area contributed by atoms with Gasteiger partial charge in [0.1, 0.15) is 0 Å². The fraction of sp³-hybridized carbons (Fsp3) is 0.200. The van der Waals surface area contributed by atoms with Crippen LogP contribution in [0.1, 0.15) is 10.4 Å². The summed E-state index contributed by atoms with van der Waals surface area (Å²) in [6, 6.07) is 15.9. The zero-order valence-corrected chi connectivity index (χ0v) is 16.3. The molecule has 29 heavy (non-hydrogen) atoms. The number of amides is 2. The van der Waals surface area contributed by atoms with Gasteiger partial charge in [0.15, 0.2) is 5.82 Å². The third kappa shape index (κ3) is 4.19. The zero-order chi connectivity index (χ0) is 20.2. The van der Waals surface area contributed by atoms with Gasteiger partial charge in [-0.25, -0.2) is 9.59 Å². The number of para-hydroxylation sites is 1. The van der Waals surface area contributed by atoms with Crippen LogP contribution < -0.4 is 10.2 Å². The van der Waals surface area contributed by atoms with Crippen LogP contribution in [0.3, 0.4) is 0 Å². The number of carbonyl (C=O) groups is 2. The standard InChI is InChI=1S/C20H19N5O3S/c26-18(27)15-8-4-5-9-16(15)21-19(28)24-10-12-25(13-11-24)20-22-17(23-29-20)14-6-2-1-3-7-14/h1-9H,10-13H2,(H,21,28)(H,26,27). The van der Waals surface area contributed by atoms with Gasteiger partial charge in [-0.05, 0) is 12.1 Å². The van der Waals surface area contributed by atoms with E-state index in [-0.39, 0.29) is 11.6 Å². The fourth-order valence-electron chi connectivity index (χ4n) is 3.12. The van der Waals surface area contributed by atoms with Crippen molar-refractivity contribution < 1.29 is 14.7 Å². The van der Waals surface area contributed by atoms with Crippen LogP contribution in [0.5, 0.6) is 0 Å². The van der Waals surface area contributed by atoms with E-state index in [0.29, 0.717) is 37.7 Å². The van der Waals surface area contributed by atoms with Crippen LogP contribution in [-0.2, 0) is 0 Å². The highest BCUT2D eigenvalue weighted by molar-refractivity contribution is 7.09. The van der Waals surface area contributed by atoms with Gasteiger partial charge in [-0.2, -0.15) is 9.36 Å². The molecule has 1 saturated heterocycles. The molecule has 0 bridgehead atoms. The van der Waals surface area contributed by atoms with Crippen molar-refractivity contribution in [1.29, 1.82) is 0 Å². The summed E-state index contributed by atoms with van der Waals surface area (Å²) in [6.07, 6.45) is 0. The predicted molar refractivity (Wildman–Crippen MR) is 112 cm³/mol. The Kier molecular flexibility index (Phi) is 5.39. The Morgan fingerprint density at radius 2 is 1.66 bits per heavy atom. The molecular formula is C20H19N5O3S. The van der Waals surface area contributed by atoms with Gasteiger partial charge < -0.3 is 20.2 Å². The first-order chi connectivity index (χ1) is 14.1. The maximum Gasteiger partial charge on any atom is 0.337 e. The number of nitrogens with one attached hydrogen (secondary N) is 1. The molecule has 8 nitrogen and oxygen atoms in total. The lowest BCUT2D eigenvalue weighted by molar-refractivity contribution is 0.0698. The van der Waals surface area contributed by atoms with Gasteiger partial charge >= 0.3 is 12.0 Å². The molecule has 1 aromatic heterocycles. The molecule has 0 unspecified atom stereocenters. The number of hydrogen-bond donors (Lipinski definition) is 2. The summed E-state index contributed by atoms with van der Waals surface area (Å²) in [7, 11) is 0. The number of carboxylic acids is 1. The van der Waals surface area contributed by atoms with E-state index in [2.05, 4.69) is 19.6 Å². The van der Waals surface area contributed by atoms with Crippen LogP contribution in [0.4, 0.5) is 15.6 Å². The van der Waals surface area contributed by atoms with Crippen LogP contribution in [0.15, 0.2) is 54.6 Å². The van der Waals surface area contributed by atoms with Gasteiger partial charge in [0.2, 0.25) is 5.13 Å². The summed E-state index contributed by atoms with van der Waals surface area (Å²) in [5.41, 5.74) is 1.34. The maximum atomic E-state index is 12.6. The van der Waals surface area contributed by atoms with E-state index in [9.17, 15) is 14.7 Å². The van der Waals surface area contributed by atoms with Crippen LogP contribution >= 0.6 is 11.5 Å². The van der Waals surface area contributed by atoms with E-state index in [0.717, 1.165) is 10.7 Å². The number of carboxylic acid groups (broad SMARTS) is 1. The van der Waals surface area contributed by atoms with E-state index in [1.165, 1.54) is 17.6 Å². The van der Waals surface area contributed by atoms with Gasteiger partial charge in [0.05, 0.1) is 11.3 Å². The molecule has 9 heteroatoms. The van der Waals surface area contributed by atoms with Crippen molar-refractivity contribution in [3.8, 4) is 11.4 Å². The molecule has 2 heterocycles. The third-order valence-electron chi connectivity index (χ3n) is 4.68. The smallest absolute Gasteiger partial charge is 0.337 e. The van der Waals surface area contributed by atoms with Crippen LogP contribution in [0.25, 0.3) is 11.4 Å². The highest BCUT2D eigenvalue weighted by atomic mass is 32.1. The quantitative estimate of drug-likeness (QED) is 0.686. The molecule has 0 spiro atoms. The second-order valence-corrected chi connectivity index (χ2v) is 7.25. The lowest BCUT2D eigenvalue weighted by Gasteiger charge is -2.34. The first-order valence-corrected chi connectivity index (χ1v) is 9.91. The molecule has 148 valence electrons. The zero-order valence-electron chi connectivity index (χ0n) is 15.5. The Morgan fingerprint density at radius 1 is 0.966 bits per heavy atom. The van der Waals surface area contributed by atoms with Crippen molar-refractivity contribution in [1.82, 2.24) is 14.3 Å². The van der Waals surface area contributed by atoms with E-state index in [1.807, 2.05) is 30.3 Å². The molecule has 0 aliphatic carbocycles. The van der Waals surface area contributed by atoms with Crippen molar-refractivity contribution in [3.63, 3.8) is 0 Å². The van der Waals surface area contributed by atoms with E-state index < -0.39 is 5.97 Å². The lowest BCUT2D eigenvalue weighted by Crippen LogP contribution is -2.50. The van der Waals surface area contributed by atoms with E-state index in [4.69, 9.17) is 0 Å². The number of aromatic nitrogens is 2. The average molecular weight is 409 g/mol. The summed E-state index contributed by atoms with van der Waals surface area (Å²) in [6.45, 7) is 2.30. The Balaban J connectivity index is 1.37. The number of piperazine rings is 1. The van der Waals surface area contributed by atoms with Crippen LogP contribution in [0.2, 0.25) is 0 Å². The summed E-state index contributed by atoms with van der Waals surface area (Å²) in [4.78, 5) is 32.3. The van der Waals surface area contributed by atoms with Crippen molar-refractivity contribution in [2.75, 3.05) is 36.4 Å². The molecular weight excluding hydrogens is 390 g/mol. The van der Waals surface area contributed by atoms with Gasteiger partial charge in [-0.1, -0.05) is 42.5 Å². The minimum Gasteiger partial charge on any atom is -0.478 e. The van der Waals surface area contributed by atoms with Gasteiger partial charge in [0, 0.05) is 43.3 Å². The van der Waals surface area contributed by atoms with Crippen molar-refractivity contribution >= 4 is 34.4 Å². The van der Waals surface area contributed by atoms with E-state index >= 15 is 0 Å². The second-order valence-electron chi connectivity index (χ2n) is 6.52. The maximum absolute atomic E-state index is 12.6. The second kappa shape index (κ2) is 8.27. The predicted octanol–water partition coefficient (Wildman–Crippen LogP) is 3.26. The van der Waals surface area contributed by atoms with Crippen molar-refractivity contribution in [2.45, 2.75) is 0 Å². The minimum absolute atomic E-state index is 0.0711. The summed E-state index contributed by atoms with van der Waals surface area (Å²) in [5.74, 6) is -0.368. The van der Waals surface area contributed by atoms with Crippen LogP contribution in [0, 0.1) is 0 Å². The first-order valence-electron chi connectivity index (χ1n) is 9.14. The van der Waals surface area contributed by atoms with Gasteiger partial charge in [-0.15, -0.1) is 0 Å². The summed E-state index contributed by atoms with van der Waals surface area (Å²) in [5, 5.41) is 12.8. The molecule has 2 N–H and O–H groups in total. The summed E-state index contributed by atoms with van der Waals surface area (Å²) >= 11 is 1.35. The SMILES string of the molecule is O=C(O)c1ccccc1NC(=O)N1CCN(c2nc(-c3ccccc3)ns2)CC1. The third-order valence-corrected chi connectivity index (χ3v) is 5.46. The van der Waals surface area contributed by atoms with Crippen molar-refractivity contribution in [2.24, 2.45) is 0 Å². The highest BCUT2D eigenvalue weighted by Gasteiger charge is 2.24. The van der Waals surface area contributed by atoms with E-state index in [1.54, 1.807) is 23.1 Å². The Hall–Kier alpha value is -3.46. The normalized spacial score (nSPS) is 13.9. The number of hydrogen-bond acceptors (Lipinski definition) is 6. The van der Waals surface area contributed by atoms with Gasteiger partial charge in [-0.3, -0.25) is 0 Å². The number of anilines is 2. The van der Waals surface area contributed by atoms with Crippen LogP contribution in [-0.4, -0.2) is 57.5 Å². The molecule has 1 aliphatic rings. The minimum atomic E-state index is -1.07.